The van der Waals surface area contributed by atoms with Crippen LogP contribution in [0.15, 0.2) is 4.52 Å². The Labute approximate surface area is 125 Å². The van der Waals surface area contributed by atoms with E-state index in [1.54, 1.807) is 0 Å². The van der Waals surface area contributed by atoms with E-state index >= 15 is 0 Å². The van der Waals surface area contributed by atoms with Crippen LogP contribution in [0.3, 0.4) is 0 Å². The van der Waals surface area contributed by atoms with Gasteiger partial charge in [0, 0.05) is 6.42 Å². The van der Waals surface area contributed by atoms with Crippen molar-refractivity contribution in [1.29, 1.82) is 0 Å². The predicted octanol–water partition coefficient (Wildman–Crippen LogP) is 2.28. The van der Waals surface area contributed by atoms with Crippen molar-refractivity contribution in [3.05, 3.63) is 11.7 Å². The summed E-state index contributed by atoms with van der Waals surface area (Å²) in [5.41, 5.74) is 0. The molecule has 3 aliphatic rings. The first kappa shape index (κ1) is 13.7. The largest absolute Gasteiger partial charge is 0.374 e. The molecule has 3 aliphatic heterocycles. The first-order valence-corrected chi connectivity index (χ1v) is 8.48. The Bertz CT molecular complexity index is 484. The second kappa shape index (κ2) is 5.69. The molecule has 2 bridgehead atoms. The van der Waals surface area contributed by atoms with Crippen molar-refractivity contribution in [1.82, 2.24) is 15.5 Å². The number of rotatable bonds is 4. The van der Waals surface area contributed by atoms with E-state index in [-0.39, 0.29) is 0 Å². The van der Waals surface area contributed by atoms with Crippen molar-refractivity contribution in [3.63, 3.8) is 0 Å². The number of piperidine rings is 1. The second-order valence-corrected chi connectivity index (χ2v) is 7.05. The average molecular weight is 291 g/mol. The predicted molar refractivity (Wildman–Crippen MR) is 78.0 cm³/mol. The van der Waals surface area contributed by atoms with Crippen molar-refractivity contribution in [3.8, 4) is 0 Å². The zero-order valence-corrected chi connectivity index (χ0v) is 12.8. The van der Waals surface area contributed by atoms with Crippen LogP contribution in [0.5, 0.6) is 0 Å². The Balaban J connectivity index is 1.38. The molecule has 5 nitrogen and oxygen atoms in total. The lowest BCUT2D eigenvalue weighted by Gasteiger charge is -2.27. The van der Waals surface area contributed by atoms with Gasteiger partial charge in [0.15, 0.2) is 5.82 Å². The van der Waals surface area contributed by atoms with Crippen LogP contribution in [-0.4, -0.2) is 35.4 Å². The van der Waals surface area contributed by atoms with Crippen molar-refractivity contribution in [2.75, 3.05) is 13.1 Å². The lowest BCUT2D eigenvalue weighted by atomic mass is 9.85. The van der Waals surface area contributed by atoms with Crippen LogP contribution in [0, 0.1) is 11.8 Å². The molecule has 1 aromatic rings. The number of fused-ring (bicyclic) bond motifs is 2. The Morgan fingerprint density at radius 3 is 3.00 bits per heavy atom. The number of hydrogen-bond donors (Lipinski definition) is 1. The smallest absolute Gasteiger partial charge is 0.226 e. The summed E-state index contributed by atoms with van der Waals surface area (Å²) < 4.78 is 11.4. The fourth-order valence-electron chi connectivity index (χ4n) is 4.22. The molecule has 1 N–H and O–H groups in total. The molecule has 0 aliphatic carbocycles. The SMILES string of the molecule is CC(Cc1nc(C2CC3CCC2O3)no1)C1CCCNC1. The van der Waals surface area contributed by atoms with Gasteiger partial charge in [-0.1, -0.05) is 12.1 Å². The highest BCUT2D eigenvalue weighted by atomic mass is 16.5. The van der Waals surface area contributed by atoms with Crippen LogP contribution in [0.25, 0.3) is 0 Å². The van der Waals surface area contributed by atoms with Crippen LogP contribution in [0.1, 0.15) is 56.7 Å². The first-order valence-electron chi connectivity index (χ1n) is 8.48. The second-order valence-electron chi connectivity index (χ2n) is 7.05. The van der Waals surface area contributed by atoms with E-state index in [1.807, 2.05) is 0 Å². The normalized spacial score (nSPS) is 37.0. The molecule has 5 heteroatoms. The van der Waals surface area contributed by atoms with Gasteiger partial charge in [0.1, 0.15) is 0 Å². The standard InChI is InChI=1S/C16H25N3O2/c1-10(11-3-2-6-17-9-11)7-15-18-16(19-21-15)13-8-12-4-5-14(13)20-12/h10-14,17H,2-9H2,1H3. The number of ether oxygens (including phenoxy) is 1. The molecule has 4 rings (SSSR count). The molecule has 0 amide bonds. The third kappa shape index (κ3) is 2.73. The number of hydrogen-bond acceptors (Lipinski definition) is 5. The summed E-state index contributed by atoms with van der Waals surface area (Å²) in [5.74, 6) is 3.40. The summed E-state index contributed by atoms with van der Waals surface area (Å²) in [7, 11) is 0. The average Bonchev–Trinajstić information content (AvgIpc) is 3.24. The first-order chi connectivity index (χ1) is 10.3. The molecule has 0 saturated carbocycles. The van der Waals surface area contributed by atoms with Crippen LogP contribution in [0.4, 0.5) is 0 Å². The van der Waals surface area contributed by atoms with E-state index in [1.165, 1.54) is 19.3 Å². The summed E-state index contributed by atoms with van der Waals surface area (Å²) in [6.45, 7) is 4.60. The Hall–Kier alpha value is -0.940. The molecule has 0 radical (unpaired) electrons. The summed E-state index contributed by atoms with van der Waals surface area (Å²) in [6, 6.07) is 0. The minimum absolute atomic E-state index is 0.334. The van der Waals surface area contributed by atoms with Crippen molar-refractivity contribution in [2.24, 2.45) is 11.8 Å². The highest BCUT2D eigenvalue weighted by molar-refractivity contribution is 5.07. The summed E-state index contributed by atoms with van der Waals surface area (Å²) in [6.07, 6.45) is 7.71. The van der Waals surface area contributed by atoms with E-state index in [4.69, 9.17) is 9.26 Å². The van der Waals surface area contributed by atoms with Crippen LogP contribution in [-0.2, 0) is 11.2 Å². The Morgan fingerprint density at radius 1 is 1.33 bits per heavy atom. The molecule has 21 heavy (non-hydrogen) atoms. The fraction of sp³-hybridized carbons (Fsp3) is 0.875. The van der Waals surface area contributed by atoms with Crippen molar-refractivity contribution < 1.29 is 9.26 Å². The minimum Gasteiger partial charge on any atom is -0.374 e. The Morgan fingerprint density at radius 2 is 2.29 bits per heavy atom. The Kier molecular flexibility index (Phi) is 3.71. The molecule has 3 fully saturated rings. The molecule has 1 aromatic heterocycles. The number of nitrogens with one attached hydrogen (secondary N) is 1. The lowest BCUT2D eigenvalue weighted by molar-refractivity contribution is 0.0996. The number of nitrogens with zero attached hydrogens (tertiary/aromatic N) is 2. The van der Waals surface area contributed by atoms with E-state index < -0.39 is 0 Å². The molecular formula is C16H25N3O2. The third-order valence-electron chi connectivity index (χ3n) is 5.56. The topological polar surface area (TPSA) is 60.2 Å². The minimum atomic E-state index is 0.334. The van der Waals surface area contributed by atoms with Gasteiger partial charge in [-0.2, -0.15) is 4.98 Å². The molecular weight excluding hydrogens is 266 g/mol. The maximum atomic E-state index is 5.89. The van der Waals surface area contributed by atoms with E-state index in [0.29, 0.717) is 24.0 Å². The van der Waals surface area contributed by atoms with Crippen molar-refractivity contribution in [2.45, 2.75) is 63.6 Å². The zero-order chi connectivity index (χ0) is 14.2. The van der Waals surface area contributed by atoms with Crippen LogP contribution in [0.2, 0.25) is 0 Å². The lowest BCUT2D eigenvalue weighted by Crippen LogP contribution is -2.33. The van der Waals surface area contributed by atoms with Gasteiger partial charge in [-0.25, -0.2) is 0 Å². The fourth-order valence-corrected chi connectivity index (χ4v) is 4.22. The van der Waals surface area contributed by atoms with Gasteiger partial charge in [0.2, 0.25) is 5.89 Å². The summed E-state index contributed by atoms with van der Waals surface area (Å²) in [4.78, 5) is 4.67. The maximum absolute atomic E-state index is 5.89. The molecule has 0 aromatic carbocycles. The molecule has 3 saturated heterocycles. The van der Waals surface area contributed by atoms with E-state index in [9.17, 15) is 0 Å². The maximum Gasteiger partial charge on any atom is 0.226 e. The van der Waals surface area contributed by atoms with E-state index in [0.717, 1.165) is 50.0 Å². The van der Waals surface area contributed by atoms with Crippen LogP contribution >= 0.6 is 0 Å². The van der Waals surface area contributed by atoms with Crippen molar-refractivity contribution >= 4 is 0 Å². The van der Waals surface area contributed by atoms with Gasteiger partial charge < -0.3 is 14.6 Å². The zero-order valence-electron chi connectivity index (χ0n) is 12.8. The number of aromatic nitrogens is 2. The monoisotopic (exact) mass is 291 g/mol. The molecule has 5 unspecified atom stereocenters. The molecule has 0 spiro atoms. The summed E-state index contributed by atoms with van der Waals surface area (Å²) in [5, 5.41) is 7.72. The summed E-state index contributed by atoms with van der Waals surface area (Å²) >= 11 is 0. The van der Waals surface area contributed by atoms with E-state index in [2.05, 4.69) is 22.4 Å². The highest BCUT2D eigenvalue weighted by Gasteiger charge is 2.43. The van der Waals surface area contributed by atoms with Gasteiger partial charge in [-0.3, -0.25) is 0 Å². The van der Waals surface area contributed by atoms with Gasteiger partial charge in [0.05, 0.1) is 18.1 Å². The van der Waals surface area contributed by atoms with Crippen LogP contribution < -0.4 is 5.32 Å². The van der Waals surface area contributed by atoms with Gasteiger partial charge >= 0.3 is 0 Å². The quantitative estimate of drug-likeness (QED) is 0.922. The van der Waals surface area contributed by atoms with Gasteiger partial charge in [-0.05, 0) is 57.0 Å². The molecule has 4 heterocycles. The van der Waals surface area contributed by atoms with Gasteiger partial charge in [-0.15, -0.1) is 0 Å². The van der Waals surface area contributed by atoms with Gasteiger partial charge in [0.25, 0.3) is 0 Å². The third-order valence-corrected chi connectivity index (χ3v) is 5.56. The highest BCUT2D eigenvalue weighted by Crippen LogP contribution is 2.43. The molecule has 5 atom stereocenters. The molecule has 116 valence electrons.